The van der Waals surface area contributed by atoms with Crippen molar-refractivity contribution in [3.8, 4) is 0 Å². The normalized spacial score (nSPS) is 19.6. The Morgan fingerprint density at radius 2 is 2.20 bits per heavy atom. The van der Waals surface area contributed by atoms with Crippen molar-refractivity contribution in [1.82, 2.24) is 10.2 Å². The van der Waals surface area contributed by atoms with Gasteiger partial charge in [-0.15, -0.1) is 0 Å². The number of amides is 1. The van der Waals surface area contributed by atoms with Gasteiger partial charge in [-0.1, -0.05) is 34.1 Å². The Labute approximate surface area is 126 Å². The number of carbonyl (C=O) groups is 2. The number of nitrogens with one attached hydrogen (secondary N) is 1. The number of carbonyl (C=O) groups excluding carboxylic acids is 2. The summed E-state index contributed by atoms with van der Waals surface area (Å²) in [6.45, 7) is 1.65. The van der Waals surface area contributed by atoms with Crippen LogP contribution < -0.4 is 5.32 Å². The predicted octanol–water partition coefficient (Wildman–Crippen LogP) is 1.08. The summed E-state index contributed by atoms with van der Waals surface area (Å²) in [5.41, 5.74) is 0.634. The number of likely N-dealkylation sites (N-methyl/N-ethyl adjacent to an activating group) is 1. The maximum atomic E-state index is 12.3. The van der Waals surface area contributed by atoms with Crippen molar-refractivity contribution in [3.63, 3.8) is 0 Å². The highest BCUT2D eigenvalue weighted by molar-refractivity contribution is 9.10. The highest BCUT2D eigenvalue weighted by atomic mass is 79.9. The lowest BCUT2D eigenvalue weighted by atomic mass is 10.1. The second kappa shape index (κ2) is 6.97. The van der Waals surface area contributed by atoms with Crippen LogP contribution in [0.2, 0.25) is 0 Å². The first-order chi connectivity index (χ1) is 9.63. The van der Waals surface area contributed by atoms with E-state index in [0.29, 0.717) is 25.3 Å². The average molecular weight is 341 g/mol. The molecule has 0 bridgehead atoms. The van der Waals surface area contributed by atoms with Crippen molar-refractivity contribution in [1.29, 1.82) is 0 Å². The monoisotopic (exact) mass is 340 g/mol. The molecule has 6 heteroatoms. The SMILES string of the molecule is CNC(=O)C1COCCN1CC(=O)c1ccccc1Br. The lowest BCUT2D eigenvalue weighted by Crippen LogP contribution is -2.54. The Morgan fingerprint density at radius 1 is 1.45 bits per heavy atom. The van der Waals surface area contributed by atoms with E-state index in [-0.39, 0.29) is 18.2 Å². The van der Waals surface area contributed by atoms with Crippen LogP contribution in [0, 0.1) is 0 Å². The van der Waals surface area contributed by atoms with E-state index in [4.69, 9.17) is 4.74 Å². The third kappa shape index (κ3) is 3.45. The number of ketones is 1. The molecule has 2 rings (SSSR count). The number of Topliss-reactive ketones (excluding diaryl/α,β-unsaturated/α-hetero) is 1. The number of hydrogen-bond donors (Lipinski definition) is 1. The number of hydrogen-bond acceptors (Lipinski definition) is 4. The molecular weight excluding hydrogens is 324 g/mol. The molecule has 1 fully saturated rings. The minimum absolute atomic E-state index is 0.00622. The molecule has 108 valence electrons. The van der Waals surface area contributed by atoms with Crippen LogP contribution in [0.4, 0.5) is 0 Å². The van der Waals surface area contributed by atoms with Gasteiger partial charge in [0.2, 0.25) is 5.91 Å². The average Bonchev–Trinajstić information content (AvgIpc) is 2.47. The molecule has 5 nitrogen and oxygen atoms in total. The van der Waals surface area contributed by atoms with E-state index < -0.39 is 6.04 Å². The van der Waals surface area contributed by atoms with Gasteiger partial charge in [-0.25, -0.2) is 0 Å². The van der Waals surface area contributed by atoms with Gasteiger partial charge < -0.3 is 10.1 Å². The quantitative estimate of drug-likeness (QED) is 0.833. The van der Waals surface area contributed by atoms with Crippen LogP contribution in [0.3, 0.4) is 0 Å². The lowest BCUT2D eigenvalue weighted by Gasteiger charge is -2.33. The molecule has 1 unspecified atom stereocenters. The molecule has 1 N–H and O–H groups in total. The summed E-state index contributed by atoms with van der Waals surface area (Å²) in [5, 5.41) is 2.61. The smallest absolute Gasteiger partial charge is 0.239 e. The summed E-state index contributed by atoms with van der Waals surface area (Å²) >= 11 is 3.38. The van der Waals surface area contributed by atoms with Crippen LogP contribution in [-0.4, -0.2) is 56.0 Å². The van der Waals surface area contributed by atoms with Gasteiger partial charge in [-0.05, 0) is 6.07 Å². The second-order valence-corrected chi connectivity index (χ2v) is 5.43. The molecule has 1 aromatic rings. The van der Waals surface area contributed by atoms with Gasteiger partial charge in [-0.3, -0.25) is 14.5 Å². The fourth-order valence-electron chi connectivity index (χ4n) is 2.19. The minimum Gasteiger partial charge on any atom is -0.378 e. The van der Waals surface area contributed by atoms with Crippen molar-refractivity contribution in [2.24, 2.45) is 0 Å². The van der Waals surface area contributed by atoms with Crippen molar-refractivity contribution in [2.45, 2.75) is 6.04 Å². The summed E-state index contributed by atoms with van der Waals surface area (Å²) in [4.78, 5) is 26.0. The Morgan fingerprint density at radius 3 is 2.90 bits per heavy atom. The second-order valence-electron chi connectivity index (χ2n) is 4.58. The van der Waals surface area contributed by atoms with E-state index >= 15 is 0 Å². The molecule has 0 radical (unpaired) electrons. The molecule has 1 aliphatic rings. The third-order valence-corrected chi connectivity index (χ3v) is 4.00. The predicted molar refractivity (Wildman–Crippen MR) is 78.7 cm³/mol. The van der Waals surface area contributed by atoms with E-state index in [2.05, 4.69) is 21.2 Å². The largest absolute Gasteiger partial charge is 0.378 e. The zero-order chi connectivity index (χ0) is 14.5. The number of benzene rings is 1. The van der Waals surface area contributed by atoms with Crippen molar-refractivity contribution in [2.75, 3.05) is 33.4 Å². The fourth-order valence-corrected chi connectivity index (χ4v) is 2.70. The van der Waals surface area contributed by atoms with Gasteiger partial charge in [0.05, 0.1) is 19.8 Å². The maximum Gasteiger partial charge on any atom is 0.239 e. The molecule has 0 aromatic heterocycles. The van der Waals surface area contributed by atoms with E-state index in [9.17, 15) is 9.59 Å². The molecule has 0 aliphatic carbocycles. The lowest BCUT2D eigenvalue weighted by molar-refractivity contribution is -0.131. The van der Waals surface area contributed by atoms with Gasteiger partial charge in [0.1, 0.15) is 6.04 Å². The summed E-state index contributed by atoms with van der Waals surface area (Å²) in [5.74, 6) is -0.127. The van der Waals surface area contributed by atoms with Gasteiger partial charge in [0, 0.05) is 23.6 Å². The molecule has 1 amide bonds. The number of rotatable bonds is 4. The van der Waals surface area contributed by atoms with Crippen molar-refractivity contribution < 1.29 is 14.3 Å². The molecule has 20 heavy (non-hydrogen) atoms. The number of halogens is 1. The number of morpholine rings is 1. The van der Waals surface area contributed by atoms with Gasteiger partial charge >= 0.3 is 0 Å². The standard InChI is InChI=1S/C14H17BrN2O3/c1-16-14(19)12-9-20-7-6-17(12)8-13(18)10-4-2-3-5-11(10)15/h2-5,12H,6-9H2,1H3,(H,16,19). The minimum atomic E-state index is -0.403. The first-order valence-electron chi connectivity index (χ1n) is 6.44. The van der Waals surface area contributed by atoms with Crippen LogP contribution in [0.1, 0.15) is 10.4 Å². The molecular formula is C14H17BrN2O3. The molecule has 1 atom stereocenters. The molecule has 1 saturated heterocycles. The molecule has 1 heterocycles. The number of nitrogens with zero attached hydrogens (tertiary/aromatic N) is 1. The van der Waals surface area contributed by atoms with Crippen LogP contribution in [0.5, 0.6) is 0 Å². The van der Waals surface area contributed by atoms with Crippen LogP contribution in [-0.2, 0) is 9.53 Å². The summed E-state index contributed by atoms with van der Waals surface area (Å²) < 4.78 is 6.10. The van der Waals surface area contributed by atoms with E-state index in [1.165, 1.54) is 0 Å². The first-order valence-corrected chi connectivity index (χ1v) is 7.24. The van der Waals surface area contributed by atoms with Crippen LogP contribution in [0.25, 0.3) is 0 Å². The first kappa shape index (κ1) is 15.2. The number of ether oxygens (including phenoxy) is 1. The Hall–Kier alpha value is -1.24. The van der Waals surface area contributed by atoms with Gasteiger partial charge in [-0.2, -0.15) is 0 Å². The van der Waals surface area contributed by atoms with Crippen molar-refractivity contribution in [3.05, 3.63) is 34.3 Å². The Bertz CT molecular complexity index is 507. The van der Waals surface area contributed by atoms with Gasteiger partial charge in [0.15, 0.2) is 5.78 Å². The van der Waals surface area contributed by atoms with Crippen LogP contribution >= 0.6 is 15.9 Å². The highest BCUT2D eigenvalue weighted by Crippen LogP contribution is 2.18. The molecule has 0 saturated carbocycles. The summed E-state index contributed by atoms with van der Waals surface area (Å²) in [6.07, 6.45) is 0. The molecule has 1 aromatic carbocycles. The summed E-state index contributed by atoms with van der Waals surface area (Å²) in [6, 6.07) is 6.90. The topological polar surface area (TPSA) is 58.6 Å². The zero-order valence-corrected chi connectivity index (χ0v) is 12.9. The molecule has 0 spiro atoms. The Balaban J connectivity index is 2.09. The zero-order valence-electron chi connectivity index (χ0n) is 11.3. The Kier molecular flexibility index (Phi) is 5.28. The van der Waals surface area contributed by atoms with E-state index in [1.807, 2.05) is 23.1 Å². The van der Waals surface area contributed by atoms with E-state index in [0.717, 1.165) is 4.47 Å². The third-order valence-electron chi connectivity index (χ3n) is 3.31. The van der Waals surface area contributed by atoms with Gasteiger partial charge in [0.25, 0.3) is 0 Å². The maximum absolute atomic E-state index is 12.3. The fraction of sp³-hybridized carbons (Fsp3) is 0.429. The van der Waals surface area contributed by atoms with Crippen molar-refractivity contribution >= 4 is 27.6 Å². The van der Waals surface area contributed by atoms with E-state index in [1.54, 1.807) is 13.1 Å². The van der Waals surface area contributed by atoms with Crippen LogP contribution in [0.15, 0.2) is 28.7 Å². The molecule has 1 aliphatic heterocycles. The summed E-state index contributed by atoms with van der Waals surface area (Å²) in [7, 11) is 1.59. The highest BCUT2D eigenvalue weighted by Gasteiger charge is 2.30.